The van der Waals surface area contributed by atoms with E-state index in [4.69, 9.17) is 11.6 Å². The monoisotopic (exact) mass is 433 g/mol. The molecule has 30 heavy (non-hydrogen) atoms. The SMILES string of the molecule is CCCN(CC(=O)N1CCn2cccc2[C@@H]1c1cccc(F)c1)C(=O)C(C)(C)CCl. The Morgan fingerprint density at radius 3 is 2.67 bits per heavy atom. The molecule has 1 aliphatic heterocycles. The Balaban J connectivity index is 1.90. The van der Waals surface area contributed by atoms with Gasteiger partial charge in [0.05, 0.1) is 18.0 Å². The molecule has 1 aliphatic rings. The van der Waals surface area contributed by atoms with E-state index >= 15 is 0 Å². The minimum absolute atomic E-state index is 0.0144. The van der Waals surface area contributed by atoms with Crippen LogP contribution in [-0.2, 0) is 16.1 Å². The van der Waals surface area contributed by atoms with E-state index < -0.39 is 11.5 Å². The zero-order valence-corrected chi connectivity index (χ0v) is 18.5. The fourth-order valence-corrected chi connectivity index (χ4v) is 4.06. The number of rotatable bonds is 7. The Hall–Kier alpha value is -2.34. The molecule has 1 atom stereocenters. The zero-order valence-electron chi connectivity index (χ0n) is 17.8. The van der Waals surface area contributed by atoms with Crippen molar-refractivity contribution in [3.05, 3.63) is 59.7 Å². The summed E-state index contributed by atoms with van der Waals surface area (Å²) in [6.45, 7) is 7.18. The summed E-state index contributed by atoms with van der Waals surface area (Å²) < 4.78 is 16.1. The molecule has 0 saturated carbocycles. The molecule has 1 aromatic heterocycles. The van der Waals surface area contributed by atoms with Crippen LogP contribution in [0, 0.1) is 11.2 Å². The van der Waals surface area contributed by atoms with Crippen molar-refractivity contribution in [2.75, 3.05) is 25.5 Å². The average Bonchev–Trinajstić information content (AvgIpc) is 3.20. The molecule has 0 bridgehead atoms. The fraction of sp³-hybridized carbons (Fsp3) is 0.478. The molecule has 0 unspecified atom stereocenters. The van der Waals surface area contributed by atoms with Gasteiger partial charge in [0.25, 0.3) is 0 Å². The van der Waals surface area contributed by atoms with Crippen LogP contribution in [0.1, 0.15) is 44.5 Å². The van der Waals surface area contributed by atoms with Gasteiger partial charge < -0.3 is 14.4 Å². The first-order valence-electron chi connectivity index (χ1n) is 10.3. The number of carbonyl (C=O) groups excluding carboxylic acids is 2. The van der Waals surface area contributed by atoms with Gasteiger partial charge in [0.15, 0.2) is 0 Å². The van der Waals surface area contributed by atoms with Gasteiger partial charge in [0, 0.05) is 37.4 Å². The van der Waals surface area contributed by atoms with E-state index in [2.05, 4.69) is 4.57 Å². The summed E-state index contributed by atoms with van der Waals surface area (Å²) in [6.07, 6.45) is 2.72. The van der Waals surface area contributed by atoms with Gasteiger partial charge in [-0.05, 0) is 50.1 Å². The van der Waals surface area contributed by atoms with Crippen molar-refractivity contribution < 1.29 is 14.0 Å². The van der Waals surface area contributed by atoms with Crippen molar-refractivity contribution >= 4 is 23.4 Å². The molecular weight excluding hydrogens is 405 g/mol. The lowest BCUT2D eigenvalue weighted by molar-refractivity contribution is -0.146. The second-order valence-electron chi connectivity index (χ2n) is 8.42. The first-order valence-corrected chi connectivity index (χ1v) is 10.9. The van der Waals surface area contributed by atoms with Gasteiger partial charge in [-0.25, -0.2) is 4.39 Å². The van der Waals surface area contributed by atoms with Crippen molar-refractivity contribution in [1.82, 2.24) is 14.4 Å². The number of carbonyl (C=O) groups is 2. The highest BCUT2D eigenvalue weighted by molar-refractivity contribution is 6.19. The van der Waals surface area contributed by atoms with Crippen LogP contribution in [0.25, 0.3) is 0 Å². The maximum Gasteiger partial charge on any atom is 0.243 e. The van der Waals surface area contributed by atoms with Crippen LogP contribution in [0.3, 0.4) is 0 Å². The smallest absolute Gasteiger partial charge is 0.243 e. The highest BCUT2D eigenvalue weighted by Crippen LogP contribution is 2.33. The van der Waals surface area contributed by atoms with Crippen LogP contribution in [0.15, 0.2) is 42.6 Å². The standard InChI is InChI=1S/C23H29ClFN3O2/c1-4-10-27(22(30)23(2,3)16-24)15-20(29)28-13-12-26-11-6-9-19(26)21(28)17-7-5-8-18(25)14-17/h5-9,11,14,21H,4,10,12-13,15-16H2,1-3H3/t21-/m0/s1. The highest BCUT2D eigenvalue weighted by Gasteiger charge is 2.36. The van der Waals surface area contributed by atoms with E-state index in [-0.39, 0.29) is 30.1 Å². The summed E-state index contributed by atoms with van der Waals surface area (Å²) in [5, 5.41) is 0. The lowest BCUT2D eigenvalue weighted by atomic mass is 9.94. The number of alkyl halides is 1. The number of amides is 2. The van der Waals surface area contributed by atoms with Crippen LogP contribution in [0.5, 0.6) is 0 Å². The molecule has 0 saturated heterocycles. The highest BCUT2D eigenvalue weighted by atomic mass is 35.5. The number of benzene rings is 1. The summed E-state index contributed by atoms with van der Waals surface area (Å²) in [5.41, 5.74) is 0.919. The molecule has 3 rings (SSSR count). The summed E-state index contributed by atoms with van der Waals surface area (Å²) >= 11 is 6.00. The summed E-state index contributed by atoms with van der Waals surface area (Å²) in [5.74, 6) is -0.432. The van der Waals surface area contributed by atoms with Crippen LogP contribution in [0.2, 0.25) is 0 Å². The average molecular weight is 434 g/mol. The van der Waals surface area contributed by atoms with Crippen LogP contribution >= 0.6 is 11.6 Å². The Labute approximate surface area is 182 Å². The molecule has 1 aromatic carbocycles. The predicted molar refractivity (Wildman–Crippen MR) is 116 cm³/mol. The Kier molecular flexibility index (Phi) is 6.86. The third kappa shape index (κ3) is 4.53. The molecule has 2 amide bonds. The zero-order chi connectivity index (χ0) is 21.9. The van der Waals surface area contributed by atoms with Crippen molar-refractivity contribution in [1.29, 1.82) is 0 Å². The third-order valence-corrected chi connectivity index (χ3v) is 6.21. The molecule has 2 aromatic rings. The van der Waals surface area contributed by atoms with Gasteiger partial charge in [-0.3, -0.25) is 9.59 Å². The van der Waals surface area contributed by atoms with Gasteiger partial charge in [-0.1, -0.05) is 19.1 Å². The van der Waals surface area contributed by atoms with Gasteiger partial charge in [-0.2, -0.15) is 0 Å². The van der Waals surface area contributed by atoms with Gasteiger partial charge >= 0.3 is 0 Å². The normalized spacial score (nSPS) is 16.3. The van der Waals surface area contributed by atoms with Crippen LogP contribution in [0.4, 0.5) is 4.39 Å². The maximum atomic E-state index is 14.0. The topological polar surface area (TPSA) is 45.6 Å². The van der Waals surface area contributed by atoms with E-state index in [1.54, 1.807) is 29.7 Å². The van der Waals surface area contributed by atoms with E-state index in [9.17, 15) is 14.0 Å². The second kappa shape index (κ2) is 9.21. The maximum absolute atomic E-state index is 14.0. The van der Waals surface area contributed by atoms with Crippen LogP contribution < -0.4 is 0 Å². The number of hydrogen-bond acceptors (Lipinski definition) is 2. The van der Waals surface area contributed by atoms with E-state index in [0.29, 0.717) is 19.6 Å². The summed E-state index contributed by atoms with van der Waals surface area (Å²) in [6, 6.07) is 9.86. The fourth-order valence-electron chi connectivity index (χ4n) is 3.94. The van der Waals surface area contributed by atoms with Gasteiger partial charge in [0.2, 0.25) is 11.8 Å². The number of hydrogen-bond donors (Lipinski definition) is 0. The second-order valence-corrected chi connectivity index (χ2v) is 8.68. The molecule has 0 aliphatic carbocycles. The van der Waals surface area contributed by atoms with Crippen molar-refractivity contribution in [3.8, 4) is 0 Å². The van der Waals surface area contributed by atoms with Crippen molar-refractivity contribution in [3.63, 3.8) is 0 Å². The Bertz CT molecular complexity index is 911. The molecule has 5 nitrogen and oxygen atoms in total. The minimum atomic E-state index is -0.741. The molecule has 0 radical (unpaired) electrons. The van der Waals surface area contributed by atoms with Crippen molar-refractivity contribution in [2.45, 2.75) is 39.8 Å². The number of fused-ring (bicyclic) bond motifs is 1. The molecule has 0 spiro atoms. The molecule has 7 heteroatoms. The number of halogens is 2. The largest absolute Gasteiger partial charge is 0.348 e. The molecule has 162 valence electrons. The predicted octanol–water partition coefficient (Wildman–Crippen LogP) is 4.06. The summed E-state index contributed by atoms with van der Waals surface area (Å²) in [7, 11) is 0. The Morgan fingerprint density at radius 1 is 1.23 bits per heavy atom. The molecule has 0 fully saturated rings. The summed E-state index contributed by atoms with van der Waals surface area (Å²) in [4.78, 5) is 29.7. The third-order valence-electron chi connectivity index (χ3n) is 5.54. The number of nitrogens with zero attached hydrogens (tertiary/aromatic N) is 3. The quantitative estimate of drug-likeness (QED) is 0.618. The van der Waals surface area contributed by atoms with E-state index in [1.165, 1.54) is 12.1 Å². The van der Waals surface area contributed by atoms with E-state index in [0.717, 1.165) is 17.7 Å². The molecular formula is C23H29ClFN3O2. The molecule has 2 heterocycles. The minimum Gasteiger partial charge on any atom is -0.348 e. The first kappa shape index (κ1) is 22.3. The van der Waals surface area contributed by atoms with Gasteiger partial charge in [0.1, 0.15) is 5.82 Å². The van der Waals surface area contributed by atoms with Crippen LogP contribution in [-0.4, -0.2) is 51.7 Å². The lowest BCUT2D eigenvalue weighted by Gasteiger charge is -2.39. The number of aromatic nitrogens is 1. The van der Waals surface area contributed by atoms with Gasteiger partial charge in [-0.15, -0.1) is 11.6 Å². The lowest BCUT2D eigenvalue weighted by Crippen LogP contribution is -2.50. The van der Waals surface area contributed by atoms with E-state index in [1.807, 2.05) is 31.3 Å². The first-order chi connectivity index (χ1) is 14.3. The van der Waals surface area contributed by atoms with Crippen molar-refractivity contribution in [2.24, 2.45) is 5.41 Å². The molecule has 0 N–H and O–H groups in total. The Morgan fingerprint density at radius 2 is 2.00 bits per heavy atom.